The molecule has 6 heteroatoms. The highest BCUT2D eigenvalue weighted by Gasteiger charge is 2.18. The molecule has 2 aromatic heterocycles. The lowest BCUT2D eigenvalue weighted by atomic mass is 10.3. The van der Waals surface area contributed by atoms with Crippen LogP contribution in [0.25, 0.3) is 5.65 Å². The number of piperazine rings is 1. The summed E-state index contributed by atoms with van der Waals surface area (Å²) < 4.78 is 2.07. The fraction of sp³-hybridized carbons (Fsp3) is 0.429. The molecule has 0 radical (unpaired) electrons. The number of nitrogens with two attached hydrogens (primary N) is 1. The summed E-state index contributed by atoms with van der Waals surface area (Å²) in [7, 11) is 0. The van der Waals surface area contributed by atoms with Crippen molar-refractivity contribution in [2.75, 3.05) is 32.7 Å². The van der Waals surface area contributed by atoms with Crippen molar-refractivity contribution in [3.8, 4) is 0 Å². The van der Waals surface area contributed by atoms with Crippen LogP contribution in [0.2, 0.25) is 0 Å². The van der Waals surface area contributed by atoms with E-state index >= 15 is 0 Å². The van der Waals surface area contributed by atoms with Crippen LogP contribution in [-0.4, -0.2) is 56.9 Å². The van der Waals surface area contributed by atoms with Crippen LogP contribution < -0.4 is 5.73 Å². The van der Waals surface area contributed by atoms with Crippen LogP contribution in [0.3, 0.4) is 0 Å². The Hall–Kier alpha value is -1.50. The van der Waals surface area contributed by atoms with Gasteiger partial charge in [0.2, 0.25) is 0 Å². The van der Waals surface area contributed by atoms with Crippen LogP contribution in [0.5, 0.6) is 0 Å². The zero-order valence-electron chi connectivity index (χ0n) is 11.4. The maximum absolute atomic E-state index is 5.59. The fourth-order valence-corrected chi connectivity index (χ4v) is 2.80. The van der Waals surface area contributed by atoms with Crippen LogP contribution in [0.1, 0.15) is 5.69 Å². The van der Waals surface area contributed by atoms with Gasteiger partial charge in [-0.3, -0.25) is 9.80 Å². The maximum atomic E-state index is 5.59. The molecule has 0 saturated carbocycles. The normalized spacial score (nSPS) is 17.6. The average Bonchev–Trinajstić information content (AvgIpc) is 2.82. The number of imidazole rings is 1. The Morgan fingerprint density at radius 1 is 1.20 bits per heavy atom. The largest absolute Gasteiger partial charge is 0.392 e. The number of hydrogen-bond donors (Lipinski definition) is 1. The van der Waals surface area contributed by atoms with Crippen molar-refractivity contribution in [2.45, 2.75) is 6.54 Å². The molecular weight excluding hydrogens is 270 g/mol. The van der Waals surface area contributed by atoms with Crippen molar-refractivity contribution < 1.29 is 0 Å². The molecule has 3 rings (SSSR count). The van der Waals surface area contributed by atoms with E-state index in [9.17, 15) is 0 Å². The molecular formula is C14H19N5S. The molecule has 3 heterocycles. The monoisotopic (exact) mass is 289 g/mol. The van der Waals surface area contributed by atoms with Crippen LogP contribution >= 0.6 is 12.2 Å². The molecule has 0 spiro atoms. The van der Waals surface area contributed by atoms with Gasteiger partial charge >= 0.3 is 0 Å². The van der Waals surface area contributed by atoms with E-state index in [-0.39, 0.29) is 0 Å². The van der Waals surface area contributed by atoms with E-state index in [2.05, 4.69) is 25.4 Å². The first kappa shape index (κ1) is 13.5. The molecule has 2 N–H and O–H groups in total. The molecule has 0 atom stereocenters. The first-order valence-electron chi connectivity index (χ1n) is 6.86. The van der Waals surface area contributed by atoms with Gasteiger partial charge in [0.15, 0.2) is 0 Å². The van der Waals surface area contributed by atoms with Crippen LogP contribution in [0.15, 0.2) is 30.6 Å². The highest BCUT2D eigenvalue weighted by Crippen LogP contribution is 2.09. The maximum Gasteiger partial charge on any atom is 0.137 e. The fourth-order valence-electron chi connectivity index (χ4n) is 2.62. The lowest BCUT2D eigenvalue weighted by molar-refractivity contribution is 0.139. The first-order chi connectivity index (χ1) is 9.70. The molecule has 106 valence electrons. The summed E-state index contributed by atoms with van der Waals surface area (Å²) in [6.45, 7) is 5.75. The van der Waals surface area contributed by atoms with E-state index in [0.717, 1.165) is 50.6 Å². The van der Waals surface area contributed by atoms with Crippen LogP contribution in [0.4, 0.5) is 0 Å². The third-order valence-corrected chi connectivity index (χ3v) is 3.77. The van der Waals surface area contributed by atoms with Gasteiger partial charge in [0, 0.05) is 51.7 Å². The summed E-state index contributed by atoms with van der Waals surface area (Å²) in [5.41, 5.74) is 7.72. The Kier molecular flexibility index (Phi) is 3.95. The third-order valence-electron chi connectivity index (χ3n) is 3.64. The second-order valence-corrected chi connectivity index (χ2v) is 5.74. The highest BCUT2D eigenvalue weighted by atomic mass is 32.1. The summed E-state index contributed by atoms with van der Waals surface area (Å²) in [5, 5.41) is 0. The van der Waals surface area contributed by atoms with E-state index in [0.29, 0.717) is 4.99 Å². The summed E-state index contributed by atoms with van der Waals surface area (Å²) >= 11 is 4.96. The predicted molar refractivity (Wildman–Crippen MR) is 83.7 cm³/mol. The minimum Gasteiger partial charge on any atom is -0.392 e. The van der Waals surface area contributed by atoms with Crippen LogP contribution in [-0.2, 0) is 6.54 Å². The molecule has 0 aromatic carbocycles. The SMILES string of the molecule is NC(=S)CN1CCN(Cc2cn3ccccc3n2)CC1. The second-order valence-electron chi connectivity index (χ2n) is 5.22. The predicted octanol–water partition coefficient (Wildman–Crippen LogP) is 0.738. The van der Waals surface area contributed by atoms with E-state index < -0.39 is 0 Å². The number of fused-ring (bicyclic) bond motifs is 1. The minimum absolute atomic E-state index is 0.582. The molecule has 5 nitrogen and oxygen atoms in total. The molecule has 1 saturated heterocycles. The van der Waals surface area contributed by atoms with Gasteiger partial charge < -0.3 is 10.1 Å². The van der Waals surface area contributed by atoms with Crippen molar-refractivity contribution in [3.05, 3.63) is 36.3 Å². The summed E-state index contributed by atoms with van der Waals surface area (Å²) in [6.07, 6.45) is 4.14. The summed E-state index contributed by atoms with van der Waals surface area (Å²) in [5.74, 6) is 0. The van der Waals surface area contributed by atoms with E-state index in [1.165, 1.54) is 0 Å². The molecule has 0 unspecified atom stereocenters. The van der Waals surface area contributed by atoms with Gasteiger partial charge in [-0.25, -0.2) is 4.98 Å². The van der Waals surface area contributed by atoms with Crippen molar-refractivity contribution in [1.82, 2.24) is 19.2 Å². The Morgan fingerprint density at radius 3 is 2.65 bits per heavy atom. The molecule has 1 aliphatic rings. The average molecular weight is 289 g/mol. The van der Waals surface area contributed by atoms with Gasteiger partial charge in [0.1, 0.15) is 5.65 Å². The topological polar surface area (TPSA) is 49.8 Å². The van der Waals surface area contributed by atoms with Crippen molar-refractivity contribution in [2.24, 2.45) is 5.73 Å². The van der Waals surface area contributed by atoms with Crippen molar-refractivity contribution in [1.29, 1.82) is 0 Å². The molecule has 0 bridgehead atoms. The summed E-state index contributed by atoms with van der Waals surface area (Å²) in [4.78, 5) is 9.96. The second kappa shape index (κ2) is 5.87. The standard InChI is InChI=1S/C14H19N5S/c15-13(20)11-18-7-5-17(6-8-18)9-12-10-19-4-2-1-3-14(19)16-12/h1-4,10H,5-9,11H2,(H2,15,20). The van der Waals surface area contributed by atoms with Gasteiger partial charge in [0.25, 0.3) is 0 Å². The van der Waals surface area contributed by atoms with Crippen LogP contribution in [0, 0.1) is 0 Å². The van der Waals surface area contributed by atoms with Crippen molar-refractivity contribution in [3.63, 3.8) is 0 Å². The lowest BCUT2D eigenvalue weighted by Crippen LogP contribution is -2.48. The van der Waals surface area contributed by atoms with Gasteiger partial charge in [-0.15, -0.1) is 0 Å². The molecule has 0 amide bonds. The Bertz CT molecular complexity index is 567. The van der Waals surface area contributed by atoms with E-state index in [1.54, 1.807) is 0 Å². The van der Waals surface area contributed by atoms with Gasteiger partial charge in [-0.1, -0.05) is 18.3 Å². The highest BCUT2D eigenvalue weighted by molar-refractivity contribution is 7.80. The zero-order valence-corrected chi connectivity index (χ0v) is 12.2. The van der Waals surface area contributed by atoms with Crippen molar-refractivity contribution >= 4 is 22.9 Å². The molecule has 1 aliphatic heterocycles. The zero-order chi connectivity index (χ0) is 13.9. The Balaban J connectivity index is 1.58. The van der Waals surface area contributed by atoms with E-state index in [1.807, 2.05) is 24.4 Å². The van der Waals surface area contributed by atoms with Gasteiger partial charge in [-0.05, 0) is 12.1 Å². The Morgan fingerprint density at radius 2 is 1.95 bits per heavy atom. The smallest absolute Gasteiger partial charge is 0.137 e. The number of pyridine rings is 1. The first-order valence-corrected chi connectivity index (χ1v) is 7.27. The van der Waals surface area contributed by atoms with Gasteiger partial charge in [0.05, 0.1) is 10.7 Å². The number of thiocarbonyl (C=S) groups is 1. The van der Waals surface area contributed by atoms with E-state index in [4.69, 9.17) is 18.0 Å². The summed E-state index contributed by atoms with van der Waals surface area (Å²) in [6, 6.07) is 6.07. The molecule has 0 aliphatic carbocycles. The van der Waals surface area contributed by atoms with Gasteiger partial charge in [-0.2, -0.15) is 0 Å². The number of aromatic nitrogens is 2. The quantitative estimate of drug-likeness (QED) is 0.841. The molecule has 2 aromatic rings. The molecule has 20 heavy (non-hydrogen) atoms. The Labute approximate surface area is 124 Å². The lowest BCUT2D eigenvalue weighted by Gasteiger charge is -2.33. The number of rotatable bonds is 4. The third kappa shape index (κ3) is 3.15. The number of hydrogen-bond acceptors (Lipinski definition) is 4. The number of nitrogens with zero attached hydrogens (tertiary/aromatic N) is 4. The minimum atomic E-state index is 0.582. The molecule has 1 fully saturated rings.